The van der Waals surface area contributed by atoms with Gasteiger partial charge in [-0.1, -0.05) is 39.2 Å². The molecule has 3 amide bonds. The Morgan fingerprint density at radius 2 is 1.44 bits per heavy atom. The van der Waals surface area contributed by atoms with E-state index in [1.165, 1.54) is 43.5 Å². The van der Waals surface area contributed by atoms with Crippen molar-refractivity contribution in [1.82, 2.24) is 40.6 Å². The molecule has 0 spiro atoms. The van der Waals surface area contributed by atoms with Crippen LogP contribution in [0.4, 0.5) is 4.79 Å². The van der Waals surface area contributed by atoms with E-state index < -0.39 is 95.8 Å². The third-order valence-electron chi connectivity index (χ3n) is 15.2. The number of fused-ring (bicyclic) bond motifs is 1. The van der Waals surface area contributed by atoms with Crippen molar-refractivity contribution in [2.24, 2.45) is 0 Å². The Morgan fingerprint density at radius 3 is 2.16 bits per heavy atom. The van der Waals surface area contributed by atoms with Crippen LogP contribution in [0.25, 0.3) is 11.3 Å². The molecular weight excluding hydrogens is 1230 g/mol. The van der Waals surface area contributed by atoms with Crippen LogP contribution in [0.3, 0.4) is 0 Å². The van der Waals surface area contributed by atoms with Crippen LogP contribution in [0.1, 0.15) is 113 Å². The molecule has 2 aromatic heterocycles. The minimum Gasteiger partial charge on any atom is -0.491 e. The molecule has 0 bridgehead atoms. The Labute approximate surface area is 528 Å². The second kappa shape index (κ2) is 36.6. The summed E-state index contributed by atoms with van der Waals surface area (Å²) >= 11 is 0. The van der Waals surface area contributed by atoms with Gasteiger partial charge < -0.3 is 73.6 Å². The Hall–Kier alpha value is -5.79. The smallest absolute Gasteiger partial charge is 0.472 e. The molecule has 0 saturated carbocycles. The third kappa shape index (κ3) is 23.6. The number of rotatable bonds is 38. The maximum atomic E-state index is 13.4. The summed E-state index contributed by atoms with van der Waals surface area (Å²) in [4.78, 5) is 87.3. The largest absolute Gasteiger partial charge is 0.491 e. The number of phosphoric acid groups is 2. The Morgan fingerprint density at radius 1 is 0.769 bits per heavy atom. The average molecular weight is 1320 g/mol. The van der Waals surface area contributed by atoms with E-state index in [0.29, 0.717) is 108 Å². The van der Waals surface area contributed by atoms with Gasteiger partial charge in [0.25, 0.3) is 11.5 Å². The van der Waals surface area contributed by atoms with Gasteiger partial charge >= 0.3 is 27.4 Å². The van der Waals surface area contributed by atoms with Crippen molar-refractivity contribution in [1.29, 1.82) is 0 Å². The summed E-state index contributed by atoms with van der Waals surface area (Å²) < 4.78 is 94.5. The number of aliphatic hydroxyl groups excluding tert-OH is 1. The van der Waals surface area contributed by atoms with Crippen LogP contribution in [0, 0.1) is 13.8 Å². The van der Waals surface area contributed by atoms with Gasteiger partial charge in [-0.25, -0.2) is 18.7 Å². The predicted octanol–water partition coefficient (Wildman–Crippen LogP) is 4.80. The normalized spacial score (nSPS) is 22.3. The minimum absolute atomic E-state index is 0.00680. The second-order valence-corrected chi connectivity index (χ2v) is 25.1. The highest BCUT2D eigenvalue weighted by molar-refractivity contribution is 7.47. The molecule has 30 nitrogen and oxygen atoms in total. The highest BCUT2D eigenvalue weighted by Crippen LogP contribution is 2.50. The highest BCUT2D eigenvalue weighted by Gasteiger charge is 2.45. The summed E-state index contributed by atoms with van der Waals surface area (Å²) in [5.74, 6) is 0.491. The molecule has 1 aliphatic carbocycles. The second-order valence-electron chi connectivity index (χ2n) is 22.2. The molecule has 5 heterocycles. The fraction of sp³-hybridized carbons (Fsp3) is 0.644. The van der Waals surface area contributed by atoms with E-state index >= 15 is 0 Å². The zero-order chi connectivity index (χ0) is 65.3. The van der Waals surface area contributed by atoms with Crippen molar-refractivity contribution in [2.45, 2.75) is 154 Å². The number of carbonyl (C=O) groups is 3. The molecule has 7 rings (SSSR count). The predicted molar refractivity (Wildman–Crippen MR) is 326 cm³/mol. The van der Waals surface area contributed by atoms with E-state index in [1.54, 1.807) is 6.92 Å². The van der Waals surface area contributed by atoms with E-state index in [2.05, 4.69) is 44.6 Å². The maximum absolute atomic E-state index is 13.4. The number of phosphoric ester groups is 2. The van der Waals surface area contributed by atoms with E-state index in [4.69, 9.17) is 56.0 Å². The number of nitrogens with one attached hydrogen (secondary N) is 4. The monoisotopic (exact) mass is 1320 g/mol. The number of aliphatic hydroxyl groups is 1. The number of aromatic nitrogens is 4. The molecule has 3 aliphatic heterocycles. The van der Waals surface area contributed by atoms with Crippen molar-refractivity contribution >= 4 is 33.6 Å². The summed E-state index contributed by atoms with van der Waals surface area (Å²) in [5.41, 5.74) is 3.12. The Bertz CT molecular complexity index is 3120. The van der Waals surface area contributed by atoms with Gasteiger partial charge in [0, 0.05) is 67.9 Å². The SMILES string of the molecule is C=C1NC(=O)C(C)=CN1[C@H]1CC(O)[C@@H](COP(=O)(O)OC2C[C@H](n3cc(C)c(=O)[nH]c3=O)O[C@@H]2COP(=O)(O)OCCNC(=O)OC2CCCCc3c(-c4ccc(OCCOCCOCCOCCOCCC(=O)NCCCCCCC)cc4)nnc(C)c3C2)O1. The van der Waals surface area contributed by atoms with Crippen molar-refractivity contribution in [3.63, 3.8) is 0 Å². The molecule has 506 valence electrons. The molecule has 2 saturated heterocycles. The van der Waals surface area contributed by atoms with Crippen LogP contribution in [0.2, 0.25) is 0 Å². The first-order valence-corrected chi connectivity index (χ1v) is 33.8. The number of H-pyrrole nitrogens is 1. The number of nitrogens with zero attached hydrogens (tertiary/aromatic N) is 4. The molecule has 3 aromatic rings. The van der Waals surface area contributed by atoms with Gasteiger partial charge in [-0.15, -0.1) is 5.10 Å². The lowest BCUT2D eigenvalue weighted by atomic mass is 9.88. The van der Waals surface area contributed by atoms with Crippen molar-refractivity contribution in [3.8, 4) is 17.0 Å². The molecule has 91 heavy (non-hydrogen) atoms. The number of hydrogen-bond donors (Lipinski definition) is 7. The number of unbranched alkanes of at least 4 members (excludes halogenated alkanes) is 4. The summed E-state index contributed by atoms with van der Waals surface area (Å²) in [6, 6.07) is 7.54. The Kier molecular flexibility index (Phi) is 29.2. The molecular formula is C59H88N8O22P2. The zero-order valence-corrected chi connectivity index (χ0v) is 53.9. The quantitative estimate of drug-likeness (QED) is 0.0299. The standard InChI is InChI=1S/C59H88N8O22P2/c1-6-7-8-9-12-20-60-52(69)19-22-78-24-25-79-26-27-80-28-29-81-30-31-82-44-17-15-43(16-18-44)55-46-14-11-10-13-45(32-47(46)41(4)64-65-55)86-59(73)61-21-23-83-90(74,75)84-38-51-49(34-54(88-51)67-36-40(3)57(71)63-58(67)72)89-91(76,77)85-37-50-48(68)33-53(87-50)66-35-39(2)56(70)62-42(66)5/h15-18,35-36,45,48-51,53-54,68H,5-14,19-34,37-38H2,1-4H3,(H,60,69)(H,61,73)(H,62,70)(H,74,75)(H,76,77)(H,63,71,72)/t45?,48?,49?,50-,51-,53-,54-/m1/s1. The summed E-state index contributed by atoms with van der Waals surface area (Å²) in [6.45, 7) is 12.8. The lowest BCUT2D eigenvalue weighted by Gasteiger charge is -2.32. The van der Waals surface area contributed by atoms with E-state index in [0.717, 1.165) is 53.4 Å². The van der Waals surface area contributed by atoms with Crippen LogP contribution in [0.15, 0.2) is 64.2 Å². The van der Waals surface area contributed by atoms with Crippen LogP contribution in [-0.2, 0) is 82.8 Å². The van der Waals surface area contributed by atoms with E-state index in [-0.39, 0.29) is 42.6 Å². The summed E-state index contributed by atoms with van der Waals surface area (Å²) in [5, 5.41) is 27.8. The van der Waals surface area contributed by atoms with Crippen molar-refractivity contribution in [2.75, 3.05) is 92.4 Å². The number of alkyl carbamates (subject to hydrolysis) is 1. The molecule has 2 fully saturated rings. The van der Waals surface area contributed by atoms with Crippen LogP contribution in [0.5, 0.6) is 5.75 Å². The van der Waals surface area contributed by atoms with Gasteiger partial charge in [-0.2, -0.15) is 5.10 Å². The van der Waals surface area contributed by atoms with Crippen LogP contribution >= 0.6 is 15.6 Å². The lowest BCUT2D eigenvalue weighted by Crippen LogP contribution is -2.42. The fourth-order valence-electron chi connectivity index (χ4n) is 10.3. The fourth-order valence-corrected chi connectivity index (χ4v) is 12.0. The number of hydrogen-bond acceptors (Lipinski definition) is 23. The minimum atomic E-state index is -5.06. The lowest BCUT2D eigenvalue weighted by molar-refractivity contribution is -0.122. The van der Waals surface area contributed by atoms with Gasteiger partial charge in [-0.3, -0.25) is 42.0 Å². The first kappa shape index (κ1) is 72.6. The van der Waals surface area contributed by atoms with Crippen molar-refractivity contribution < 1.29 is 94.4 Å². The van der Waals surface area contributed by atoms with E-state index in [1.807, 2.05) is 31.2 Å². The first-order valence-electron chi connectivity index (χ1n) is 30.8. The Balaban J connectivity index is 0.794. The molecule has 5 unspecified atom stereocenters. The maximum Gasteiger partial charge on any atom is 0.472 e. The first-order chi connectivity index (χ1) is 43.7. The molecule has 0 radical (unpaired) electrons. The van der Waals surface area contributed by atoms with Crippen LogP contribution in [-0.4, -0.2) is 187 Å². The number of ether oxygens (including phenoxy) is 8. The van der Waals surface area contributed by atoms with Gasteiger partial charge in [-0.05, 0) is 88.3 Å². The number of aromatic amines is 1. The zero-order valence-electron chi connectivity index (χ0n) is 52.1. The topological polar surface area (TPSA) is 377 Å². The third-order valence-corrected chi connectivity index (χ3v) is 17.2. The number of amides is 3. The molecule has 1 aromatic carbocycles. The van der Waals surface area contributed by atoms with Gasteiger partial charge in [0.2, 0.25) is 5.91 Å². The van der Waals surface area contributed by atoms with Crippen molar-refractivity contribution in [3.05, 3.63) is 97.9 Å². The molecule has 32 heteroatoms. The van der Waals surface area contributed by atoms with Crippen LogP contribution < -0.4 is 31.9 Å². The van der Waals surface area contributed by atoms with Gasteiger partial charge in [0.05, 0.1) is 90.2 Å². The molecule has 4 aliphatic rings. The molecule has 7 N–H and O–H groups in total. The highest BCUT2D eigenvalue weighted by atomic mass is 31.2. The number of aryl methyl sites for hydroxylation is 2. The summed E-state index contributed by atoms with van der Waals surface area (Å²) in [6.07, 6.45) is 3.15. The molecule has 9 atom stereocenters. The number of benzene rings is 1. The number of carbonyl (C=O) groups excluding carboxylic acids is 3. The average Bonchev–Trinajstić information content (AvgIpc) is 1.81. The van der Waals surface area contributed by atoms with E-state index in [9.17, 15) is 48.0 Å². The van der Waals surface area contributed by atoms with Gasteiger partial charge in [0.15, 0.2) is 0 Å². The summed E-state index contributed by atoms with van der Waals surface area (Å²) in [7, 11) is -9.99. The van der Waals surface area contributed by atoms with Gasteiger partial charge in [0.1, 0.15) is 55.0 Å².